The van der Waals surface area contributed by atoms with Crippen LogP contribution in [0.15, 0.2) is 0 Å². The molecule has 128 valence electrons. The molecule has 1 rings (SSSR count). The van der Waals surface area contributed by atoms with E-state index in [9.17, 15) is 0 Å². The van der Waals surface area contributed by atoms with Gasteiger partial charge in [0, 0.05) is 13.5 Å². The van der Waals surface area contributed by atoms with Gasteiger partial charge in [0.1, 0.15) is 6.10 Å². The number of methoxy groups -OCH3 is 1. The quantitative estimate of drug-likeness (QED) is 0.384. The fourth-order valence-corrected chi connectivity index (χ4v) is 2.04. The van der Waals surface area contributed by atoms with Crippen molar-refractivity contribution in [3.05, 3.63) is 0 Å². The van der Waals surface area contributed by atoms with Crippen LogP contribution in [-0.2, 0) is 23.7 Å². The molecule has 1 aliphatic carbocycles. The van der Waals surface area contributed by atoms with Crippen molar-refractivity contribution >= 4 is 0 Å². The second-order valence-corrected chi connectivity index (χ2v) is 5.11. The SMILES string of the molecule is COCCOCCOCCOCCOC1C#CCCCCC1. The lowest BCUT2D eigenvalue weighted by molar-refractivity contribution is -0.0142. The molecule has 0 saturated carbocycles. The maximum absolute atomic E-state index is 5.73. The summed E-state index contributed by atoms with van der Waals surface area (Å²) in [6, 6.07) is 0. The van der Waals surface area contributed by atoms with Gasteiger partial charge < -0.3 is 23.7 Å². The van der Waals surface area contributed by atoms with Gasteiger partial charge in [-0.3, -0.25) is 0 Å². The highest BCUT2D eigenvalue weighted by molar-refractivity contribution is 5.05. The van der Waals surface area contributed by atoms with E-state index in [0.717, 1.165) is 12.8 Å². The first-order valence-electron chi connectivity index (χ1n) is 8.25. The molecular weight excluding hydrogens is 284 g/mol. The number of rotatable bonds is 13. The van der Waals surface area contributed by atoms with Crippen LogP contribution in [0.2, 0.25) is 0 Å². The molecule has 0 aromatic rings. The first-order chi connectivity index (χ1) is 10.9. The lowest BCUT2D eigenvalue weighted by Crippen LogP contribution is -2.17. The summed E-state index contributed by atoms with van der Waals surface area (Å²) in [6.45, 7) is 4.75. The molecule has 0 saturated heterocycles. The maximum atomic E-state index is 5.73. The van der Waals surface area contributed by atoms with Crippen LogP contribution in [0.1, 0.15) is 32.1 Å². The molecule has 22 heavy (non-hydrogen) atoms. The number of hydrogen-bond acceptors (Lipinski definition) is 5. The van der Waals surface area contributed by atoms with Crippen LogP contribution in [0, 0.1) is 11.8 Å². The molecule has 5 nitrogen and oxygen atoms in total. The molecule has 0 N–H and O–H groups in total. The minimum absolute atomic E-state index is 0.0874. The van der Waals surface area contributed by atoms with Gasteiger partial charge >= 0.3 is 0 Å². The lowest BCUT2D eigenvalue weighted by Gasteiger charge is -2.14. The van der Waals surface area contributed by atoms with Gasteiger partial charge in [0.25, 0.3) is 0 Å². The molecule has 0 bridgehead atoms. The van der Waals surface area contributed by atoms with E-state index < -0.39 is 0 Å². The van der Waals surface area contributed by atoms with Gasteiger partial charge in [-0.2, -0.15) is 0 Å². The Labute approximate surface area is 134 Å². The zero-order valence-corrected chi connectivity index (χ0v) is 13.8. The zero-order chi connectivity index (χ0) is 15.7. The average molecular weight is 314 g/mol. The molecule has 0 fully saturated rings. The van der Waals surface area contributed by atoms with Gasteiger partial charge in [0.05, 0.1) is 52.9 Å². The van der Waals surface area contributed by atoms with E-state index in [0.29, 0.717) is 52.9 Å². The Hall–Kier alpha value is -0.640. The predicted molar refractivity (Wildman–Crippen MR) is 84.9 cm³/mol. The Morgan fingerprint density at radius 3 is 2.09 bits per heavy atom. The number of hydrogen-bond donors (Lipinski definition) is 0. The van der Waals surface area contributed by atoms with Crippen LogP contribution in [0.25, 0.3) is 0 Å². The van der Waals surface area contributed by atoms with Gasteiger partial charge in [0.15, 0.2) is 0 Å². The summed E-state index contributed by atoms with van der Waals surface area (Å²) < 4.78 is 26.7. The van der Waals surface area contributed by atoms with Gasteiger partial charge in [-0.1, -0.05) is 12.3 Å². The predicted octanol–water partition coefficient (Wildman–Crippen LogP) is 2.04. The van der Waals surface area contributed by atoms with Crippen molar-refractivity contribution in [3.63, 3.8) is 0 Å². The van der Waals surface area contributed by atoms with Crippen molar-refractivity contribution in [1.29, 1.82) is 0 Å². The van der Waals surface area contributed by atoms with Crippen LogP contribution in [0.3, 0.4) is 0 Å². The summed E-state index contributed by atoms with van der Waals surface area (Å²) >= 11 is 0. The van der Waals surface area contributed by atoms with E-state index in [4.69, 9.17) is 23.7 Å². The van der Waals surface area contributed by atoms with Gasteiger partial charge in [-0.25, -0.2) is 0 Å². The summed E-state index contributed by atoms with van der Waals surface area (Å²) in [5, 5.41) is 0. The van der Waals surface area contributed by atoms with Crippen LogP contribution in [0.5, 0.6) is 0 Å². The summed E-state index contributed by atoms with van der Waals surface area (Å²) in [5.74, 6) is 6.36. The first-order valence-corrected chi connectivity index (χ1v) is 8.25. The van der Waals surface area contributed by atoms with Crippen molar-refractivity contribution in [3.8, 4) is 11.8 Å². The van der Waals surface area contributed by atoms with Crippen molar-refractivity contribution in [2.24, 2.45) is 0 Å². The minimum atomic E-state index is 0.0874. The Balaban J connectivity index is 1.81. The highest BCUT2D eigenvalue weighted by Crippen LogP contribution is 2.10. The second-order valence-electron chi connectivity index (χ2n) is 5.11. The highest BCUT2D eigenvalue weighted by atomic mass is 16.6. The van der Waals surface area contributed by atoms with Crippen LogP contribution >= 0.6 is 0 Å². The largest absolute Gasteiger partial charge is 0.382 e. The van der Waals surface area contributed by atoms with Gasteiger partial charge in [-0.15, -0.1) is 5.92 Å². The van der Waals surface area contributed by atoms with E-state index in [-0.39, 0.29) is 6.10 Å². The van der Waals surface area contributed by atoms with Crippen molar-refractivity contribution in [2.75, 3.05) is 60.0 Å². The second kappa shape index (κ2) is 15.3. The Kier molecular flexibility index (Phi) is 13.5. The van der Waals surface area contributed by atoms with E-state index >= 15 is 0 Å². The van der Waals surface area contributed by atoms with Crippen LogP contribution in [-0.4, -0.2) is 66.1 Å². The third-order valence-corrected chi connectivity index (χ3v) is 3.25. The Morgan fingerprint density at radius 1 is 0.773 bits per heavy atom. The fourth-order valence-electron chi connectivity index (χ4n) is 2.04. The first kappa shape index (κ1) is 19.4. The molecule has 0 amide bonds. The summed E-state index contributed by atoms with van der Waals surface area (Å²) in [5.41, 5.74) is 0. The molecule has 0 aliphatic heterocycles. The topological polar surface area (TPSA) is 46.2 Å². The summed E-state index contributed by atoms with van der Waals surface area (Å²) in [4.78, 5) is 0. The van der Waals surface area contributed by atoms with E-state index in [2.05, 4.69) is 11.8 Å². The summed E-state index contributed by atoms with van der Waals surface area (Å²) in [7, 11) is 1.66. The lowest BCUT2D eigenvalue weighted by atomic mass is 10.1. The molecule has 0 heterocycles. The minimum Gasteiger partial charge on any atom is -0.382 e. The molecule has 0 radical (unpaired) electrons. The molecule has 1 atom stereocenters. The van der Waals surface area contributed by atoms with Crippen molar-refractivity contribution in [2.45, 2.75) is 38.2 Å². The molecule has 1 aliphatic rings. The molecule has 0 aromatic heterocycles. The zero-order valence-electron chi connectivity index (χ0n) is 13.8. The molecular formula is C17H30O5. The third kappa shape index (κ3) is 12.0. The molecule has 5 heteroatoms. The monoisotopic (exact) mass is 314 g/mol. The van der Waals surface area contributed by atoms with Crippen LogP contribution < -0.4 is 0 Å². The van der Waals surface area contributed by atoms with Crippen LogP contribution in [0.4, 0.5) is 0 Å². The Bertz CT molecular complexity index is 297. The molecule has 1 unspecified atom stereocenters. The standard InChI is InChI=1S/C17H30O5/c1-18-9-10-19-11-12-20-13-14-21-15-16-22-17-7-5-3-2-4-6-8-17/h17H,2-5,7,9-16H2,1H3. The van der Waals surface area contributed by atoms with Crippen molar-refractivity contribution in [1.82, 2.24) is 0 Å². The van der Waals surface area contributed by atoms with Gasteiger partial charge in [-0.05, 0) is 19.3 Å². The smallest absolute Gasteiger partial charge is 0.118 e. The average Bonchev–Trinajstić information content (AvgIpc) is 2.50. The van der Waals surface area contributed by atoms with E-state index in [1.54, 1.807) is 7.11 Å². The number of ether oxygens (including phenoxy) is 5. The molecule has 0 spiro atoms. The maximum Gasteiger partial charge on any atom is 0.118 e. The summed E-state index contributed by atoms with van der Waals surface area (Å²) in [6.07, 6.45) is 5.82. The highest BCUT2D eigenvalue weighted by Gasteiger charge is 2.06. The van der Waals surface area contributed by atoms with E-state index in [1.807, 2.05) is 0 Å². The molecule has 0 aromatic carbocycles. The van der Waals surface area contributed by atoms with Gasteiger partial charge in [0.2, 0.25) is 0 Å². The van der Waals surface area contributed by atoms with E-state index in [1.165, 1.54) is 19.3 Å². The normalized spacial score (nSPS) is 18.3. The van der Waals surface area contributed by atoms with Crippen molar-refractivity contribution < 1.29 is 23.7 Å². The fraction of sp³-hybridized carbons (Fsp3) is 0.882. The Morgan fingerprint density at radius 2 is 1.41 bits per heavy atom. The third-order valence-electron chi connectivity index (χ3n) is 3.25.